The van der Waals surface area contributed by atoms with Crippen molar-refractivity contribution in [1.82, 2.24) is 24.2 Å². The van der Waals surface area contributed by atoms with E-state index in [4.69, 9.17) is 0 Å². The van der Waals surface area contributed by atoms with Crippen molar-refractivity contribution in [3.05, 3.63) is 102 Å². The molecule has 0 unspecified atom stereocenters. The number of imide groups is 1. The van der Waals surface area contributed by atoms with Crippen molar-refractivity contribution >= 4 is 23.4 Å². The summed E-state index contributed by atoms with van der Waals surface area (Å²) in [6.07, 6.45) is 6.79. The number of imidazole rings is 1. The molecule has 4 aromatic rings. The fraction of sp³-hybridized carbons (Fsp3) is 0.250. The van der Waals surface area contributed by atoms with E-state index in [0.29, 0.717) is 12.1 Å². The van der Waals surface area contributed by atoms with E-state index in [1.807, 2.05) is 66.1 Å². The van der Waals surface area contributed by atoms with E-state index in [0.717, 1.165) is 22.5 Å². The van der Waals surface area contributed by atoms with Gasteiger partial charge in [0.1, 0.15) is 5.65 Å². The topological polar surface area (TPSA) is 87.9 Å². The van der Waals surface area contributed by atoms with Crippen molar-refractivity contribution in [2.24, 2.45) is 0 Å². The molecule has 0 saturated carbocycles. The first-order valence-electron chi connectivity index (χ1n) is 11.8. The van der Waals surface area contributed by atoms with Gasteiger partial charge in [0.05, 0.1) is 30.4 Å². The van der Waals surface area contributed by atoms with Gasteiger partial charge < -0.3 is 9.30 Å². The minimum absolute atomic E-state index is 0.0495. The van der Waals surface area contributed by atoms with Crippen LogP contribution in [0.4, 0.5) is 0 Å². The second kappa shape index (κ2) is 9.37. The zero-order valence-electron chi connectivity index (χ0n) is 20.3. The second-order valence-electron chi connectivity index (χ2n) is 9.33. The molecule has 0 spiro atoms. The summed E-state index contributed by atoms with van der Waals surface area (Å²) in [5, 5.41) is 0. The average Bonchev–Trinajstić information content (AvgIpc) is 3.39. The maximum atomic E-state index is 13.9. The molecule has 1 aliphatic rings. The lowest BCUT2D eigenvalue weighted by Gasteiger charge is -2.30. The number of pyridine rings is 2. The smallest absolute Gasteiger partial charge is 0.241 e. The van der Waals surface area contributed by atoms with E-state index in [9.17, 15) is 14.4 Å². The third-order valence-corrected chi connectivity index (χ3v) is 6.90. The minimum atomic E-state index is -1.25. The Kier molecular flexibility index (Phi) is 6.10. The Morgan fingerprint density at radius 2 is 1.86 bits per heavy atom. The molecule has 0 N–H and O–H groups in total. The van der Waals surface area contributed by atoms with E-state index in [1.54, 1.807) is 36.6 Å². The van der Waals surface area contributed by atoms with Crippen molar-refractivity contribution in [2.75, 3.05) is 7.05 Å². The van der Waals surface area contributed by atoms with Gasteiger partial charge >= 0.3 is 0 Å². The number of amides is 3. The number of benzene rings is 1. The molecule has 8 nitrogen and oxygen atoms in total. The van der Waals surface area contributed by atoms with E-state index in [2.05, 4.69) is 9.97 Å². The molecule has 5 rings (SSSR count). The van der Waals surface area contributed by atoms with Crippen LogP contribution in [0.5, 0.6) is 0 Å². The van der Waals surface area contributed by atoms with Crippen molar-refractivity contribution in [2.45, 2.75) is 38.3 Å². The number of fused-ring (bicyclic) bond motifs is 1. The van der Waals surface area contributed by atoms with Gasteiger partial charge in [-0.25, -0.2) is 4.98 Å². The fourth-order valence-electron chi connectivity index (χ4n) is 5.01. The standard InChI is InChI=1S/C28H27N5O3/c1-20-8-3-4-10-23(20)28(15-26(35)33(27(28)36)18-21-9-7-12-29-16-21)14-25(34)31(2)19-22-17-30-24-11-5-6-13-32(22)24/h3-13,16-17H,14-15,18-19H2,1-2H3/t28-/m1/s1. The van der Waals surface area contributed by atoms with E-state index >= 15 is 0 Å². The molecule has 8 heteroatoms. The van der Waals surface area contributed by atoms with Crippen molar-refractivity contribution in [3.8, 4) is 0 Å². The van der Waals surface area contributed by atoms with Gasteiger partial charge in [-0.2, -0.15) is 0 Å². The molecule has 4 heterocycles. The number of carbonyl (C=O) groups excluding carboxylic acids is 3. The Labute approximate surface area is 209 Å². The molecule has 0 bridgehead atoms. The molecule has 1 aromatic carbocycles. The first kappa shape index (κ1) is 23.4. The summed E-state index contributed by atoms with van der Waals surface area (Å²) in [6, 6.07) is 16.8. The molecule has 3 amide bonds. The largest absolute Gasteiger partial charge is 0.340 e. The molecule has 0 radical (unpaired) electrons. The number of aryl methyl sites for hydroxylation is 1. The quantitative estimate of drug-likeness (QED) is 0.378. The van der Waals surface area contributed by atoms with Crippen LogP contribution in [0.25, 0.3) is 5.65 Å². The average molecular weight is 482 g/mol. The highest BCUT2D eigenvalue weighted by Gasteiger charge is 2.54. The Morgan fingerprint density at radius 1 is 1.06 bits per heavy atom. The van der Waals surface area contributed by atoms with Crippen molar-refractivity contribution in [1.29, 1.82) is 0 Å². The van der Waals surface area contributed by atoms with Crippen LogP contribution in [-0.4, -0.2) is 48.9 Å². The monoisotopic (exact) mass is 481 g/mol. The van der Waals surface area contributed by atoms with Crippen LogP contribution in [0.2, 0.25) is 0 Å². The molecule has 1 atom stereocenters. The summed E-state index contributed by atoms with van der Waals surface area (Å²) in [6.45, 7) is 2.37. The lowest BCUT2D eigenvalue weighted by molar-refractivity contribution is -0.143. The van der Waals surface area contributed by atoms with Crippen LogP contribution < -0.4 is 0 Å². The lowest BCUT2D eigenvalue weighted by atomic mass is 9.74. The summed E-state index contributed by atoms with van der Waals surface area (Å²) in [5.74, 6) is -0.847. The molecule has 0 aliphatic carbocycles. The van der Waals surface area contributed by atoms with Gasteiger partial charge in [-0.3, -0.25) is 24.3 Å². The molecule has 1 saturated heterocycles. The first-order chi connectivity index (χ1) is 17.4. The summed E-state index contributed by atoms with van der Waals surface area (Å²) in [4.78, 5) is 52.1. The van der Waals surface area contributed by atoms with E-state index in [1.165, 1.54) is 4.90 Å². The molecular weight excluding hydrogens is 454 g/mol. The minimum Gasteiger partial charge on any atom is -0.340 e. The van der Waals surface area contributed by atoms with Crippen LogP contribution >= 0.6 is 0 Å². The number of nitrogens with zero attached hydrogens (tertiary/aromatic N) is 5. The van der Waals surface area contributed by atoms with Crippen LogP contribution in [0.3, 0.4) is 0 Å². The molecule has 36 heavy (non-hydrogen) atoms. The zero-order chi connectivity index (χ0) is 25.3. The molecule has 182 valence electrons. The molecule has 3 aromatic heterocycles. The fourth-order valence-corrected chi connectivity index (χ4v) is 5.01. The number of hydrogen-bond donors (Lipinski definition) is 0. The van der Waals surface area contributed by atoms with Crippen LogP contribution in [0, 0.1) is 6.92 Å². The molecule has 1 fully saturated rings. The van der Waals surface area contributed by atoms with Crippen LogP contribution in [0.1, 0.15) is 35.2 Å². The molecule has 1 aliphatic heterocycles. The third kappa shape index (κ3) is 4.15. The maximum Gasteiger partial charge on any atom is 0.241 e. The number of aromatic nitrogens is 3. The highest BCUT2D eigenvalue weighted by molar-refractivity contribution is 6.10. The zero-order valence-corrected chi connectivity index (χ0v) is 20.3. The van der Waals surface area contributed by atoms with Crippen molar-refractivity contribution < 1.29 is 14.4 Å². The van der Waals surface area contributed by atoms with E-state index < -0.39 is 5.41 Å². The highest BCUT2D eigenvalue weighted by Crippen LogP contribution is 2.42. The summed E-state index contributed by atoms with van der Waals surface area (Å²) in [7, 11) is 1.71. The normalized spacial score (nSPS) is 17.7. The maximum absolute atomic E-state index is 13.9. The van der Waals surface area contributed by atoms with Gasteiger partial charge in [0, 0.05) is 38.5 Å². The highest BCUT2D eigenvalue weighted by atomic mass is 16.2. The Morgan fingerprint density at radius 3 is 2.64 bits per heavy atom. The predicted octanol–water partition coefficient (Wildman–Crippen LogP) is 3.28. The predicted molar refractivity (Wildman–Crippen MR) is 134 cm³/mol. The molecular formula is C28H27N5O3. The van der Waals surface area contributed by atoms with Crippen molar-refractivity contribution in [3.63, 3.8) is 0 Å². The summed E-state index contributed by atoms with van der Waals surface area (Å²) < 4.78 is 1.93. The Hall–Kier alpha value is -4.33. The van der Waals surface area contributed by atoms with Gasteiger partial charge in [0.15, 0.2) is 0 Å². The lowest BCUT2D eigenvalue weighted by Crippen LogP contribution is -2.43. The van der Waals surface area contributed by atoms with Crippen LogP contribution in [-0.2, 0) is 32.9 Å². The van der Waals surface area contributed by atoms with Gasteiger partial charge in [0.25, 0.3) is 0 Å². The number of carbonyl (C=O) groups is 3. The number of rotatable bonds is 7. The number of likely N-dealkylation sites (tertiary alicyclic amines) is 1. The second-order valence-corrected chi connectivity index (χ2v) is 9.33. The SMILES string of the molecule is Cc1ccccc1[C@@]1(CC(=O)N(C)Cc2cnc3ccccn23)CC(=O)N(Cc2cccnc2)C1=O. The third-order valence-electron chi connectivity index (χ3n) is 6.90. The Balaban J connectivity index is 1.45. The Bertz CT molecular complexity index is 1450. The van der Waals surface area contributed by atoms with Gasteiger partial charge in [-0.1, -0.05) is 36.4 Å². The summed E-state index contributed by atoms with van der Waals surface area (Å²) in [5.41, 5.74) is 2.75. The van der Waals surface area contributed by atoms with Gasteiger partial charge in [-0.15, -0.1) is 0 Å². The van der Waals surface area contributed by atoms with Gasteiger partial charge in [-0.05, 0) is 41.8 Å². The summed E-state index contributed by atoms with van der Waals surface area (Å²) >= 11 is 0. The van der Waals surface area contributed by atoms with Crippen LogP contribution in [0.15, 0.2) is 79.4 Å². The van der Waals surface area contributed by atoms with E-state index in [-0.39, 0.29) is 37.1 Å². The van der Waals surface area contributed by atoms with Gasteiger partial charge in [0.2, 0.25) is 17.7 Å². The number of hydrogen-bond acceptors (Lipinski definition) is 5. The first-order valence-corrected chi connectivity index (χ1v) is 11.8.